The third-order valence-electron chi connectivity index (χ3n) is 3.22. The predicted molar refractivity (Wildman–Crippen MR) is 95.3 cm³/mol. The summed E-state index contributed by atoms with van der Waals surface area (Å²) in [6, 6.07) is 8.72. The number of benzene rings is 1. The van der Waals surface area contributed by atoms with E-state index in [4.69, 9.17) is 4.52 Å². The molecule has 0 saturated heterocycles. The quantitative estimate of drug-likeness (QED) is 0.645. The average Bonchev–Trinajstić information content (AvgIpc) is 3.00. The summed E-state index contributed by atoms with van der Waals surface area (Å²) < 4.78 is 4.89. The number of aromatic nitrogens is 3. The molecule has 3 N–H and O–H groups in total. The summed E-state index contributed by atoms with van der Waals surface area (Å²) in [7, 11) is 0. The fraction of sp³-hybridized carbons (Fsp3) is 0.118. The second-order valence-electron chi connectivity index (χ2n) is 5.46. The summed E-state index contributed by atoms with van der Waals surface area (Å²) in [5.74, 6) is 0.689. The van der Waals surface area contributed by atoms with Crippen molar-refractivity contribution >= 4 is 35.0 Å². The van der Waals surface area contributed by atoms with Gasteiger partial charge in [-0.1, -0.05) is 11.2 Å². The van der Waals surface area contributed by atoms with Gasteiger partial charge in [0.05, 0.1) is 5.56 Å². The van der Waals surface area contributed by atoms with Gasteiger partial charge >= 0.3 is 0 Å². The highest BCUT2D eigenvalue weighted by Gasteiger charge is 2.10. The smallest absolute Gasteiger partial charge is 0.260 e. The monoisotopic (exact) mass is 352 g/mol. The van der Waals surface area contributed by atoms with E-state index in [-0.39, 0.29) is 11.5 Å². The standard InChI is InChI=1S/C17H16N6O3/c1-10-6-15(23-26-10)22-16(25)12-8-18-17(19-9-12)21-14-5-3-4-13(7-14)20-11(2)24/h3-9H,1-2H3,(H,20,24)(H,18,19,21)(H,22,23,25). The van der Waals surface area contributed by atoms with Gasteiger partial charge in [0.1, 0.15) is 5.76 Å². The first-order valence-corrected chi connectivity index (χ1v) is 7.71. The van der Waals surface area contributed by atoms with Crippen molar-refractivity contribution in [1.82, 2.24) is 15.1 Å². The van der Waals surface area contributed by atoms with E-state index < -0.39 is 5.91 Å². The maximum atomic E-state index is 12.1. The van der Waals surface area contributed by atoms with E-state index in [9.17, 15) is 9.59 Å². The molecule has 0 aliphatic rings. The molecule has 26 heavy (non-hydrogen) atoms. The molecule has 3 rings (SSSR count). The highest BCUT2D eigenvalue weighted by molar-refractivity contribution is 6.03. The number of hydrogen-bond donors (Lipinski definition) is 3. The third kappa shape index (κ3) is 4.41. The predicted octanol–water partition coefficient (Wildman–Crippen LogP) is 2.73. The van der Waals surface area contributed by atoms with Crippen molar-refractivity contribution in [1.29, 1.82) is 0 Å². The molecule has 0 atom stereocenters. The van der Waals surface area contributed by atoms with E-state index in [2.05, 4.69) is 31.1 Å². The van der Waals surface area contributed by atoms with Gasteiger partial charge in [-0.25, -0.2) is 9.97 Å². The Morgan fingerprint density at radius 2 is 1.77 bits per heavy atom. The molecule has 2 heterocycles. The minimum Gasteiger partial charge on any atom is -0.360 e. The third-order valence-corrected chi connectivity index (χ3v) is 3.22. The molecular weight excluding hydrogens is 336 g/mol. The van der Waals surface area contributed by atoms with E-state index in [1.54, 1.807) is 31.2 Å². The SMILES string of the molecule is CC(=O)Nc1cccc(Nc2ncc(C(=O)Nc3cc(C)on3)cn2)c1. The zero-order valence-electron chi connectivity index (χ0n) is 14.1. The van der Waals surface area contributed by atoms with Crippen LogP contribution in [0, 0.1) is 6.92 Å². The lowest BCUT2D eigenvalue weighted by molar-refractivity contribution is -0.114. The molecule has 9 heteroatoms. The number of rotatable bonds is 5. The van der Waals surface area contributed by atoms with E-state index in [0.29, 0.717) is 28.9 Å². The van der Waals surface area contributed by atoms with Crippen LogP contribution in [0.3, 0.4) is 0 Å². The first-order chi connectivity index (χ1) is 12.5. The Labute approximate surface area is 148 Å². The molecule has 0 unspecified atom stereocenters. The molecule has 1 aromatic carbocycles. The van der Waals surface area contributed by atoms with Crippen molar-refractivity contribution in [3.8, 4) is 0 Å². The summed E-state index contributed by atoms with van der Waals surface area (Å²) in [5.41, 5.74) is 1.64. The van der Waals surface area contributed by atoms with Crippen LogP contribution in [0.1, 0.15) is 23.0 Å². The molecule has 132 valence electrons. The van der Waals surface area contributed by atoms with Gasteiger partial charge in [-0.05, 0) is 25.1 Å². The molecule has 9 nitrogen and oxygen atoms in total. The number of carbonyl (C=O) groups excluding carboxylic acids is 2. The maximum absolute atomic E-state index is 12.1. The number of amides is 2. The molecule has 0 spiro atoms. The minimum atomic E-state index is -0.391. The number of nitrogens with one attached hydrogen (secondary N) is 3. The Morgan fingerprint density at radius 1 is 1.04 bits per heavy atom. The lowest BCUT2D eigenvalue weighted by Crippen LogP contribution is -2.13. The van der Waals surface area contributed by atoms with Gasteiger partial charge in [0.2, 0.25) is 11.9 Å². The summed E-state index contributed by atoms with van der Waals surface area (Å²) >= 11 is 0. The summed E-state index contributed by atoms with van der Waals surface area (Å²) in [6.07, 6.45) is 2.80. The Hall–Kier alpha value is -3.75. The van der Waals surface area contributed by atoms with E-state index >= 15 is 0 Å². The largest absolute Gasteiger partial charge is 0.360 e. The van der Waals surface area contributed by atoms with Crippen LogP contribution >= 0.6 is 0 Å². The Balaban J connectivity index is 1.66. The van der Waals surface area contributed by atoms with Crippen molar-refractivity contribution in [3.05, 3.63) is 54.0 Å². The normalized spacial score (nSPS) is 10.2. The van der Waals surface area contributed by atoms with Crippen molar-refractivity contribution in [2.45, 2.75) is 13.8 Å². The average molecular weight is 352 g/mol. The van der Waals surface area contributed by atoms with Crippen LogP contribution in [-0.4, -0.2) is 26.9 Å². The van der Waals surface area contributed by atoms with Crippen LogP contribution < -0.4 is 16.0 Å². The summed E-state index contributed by atoms with van der Waals surface area (Å²) in [6.45, 7) is 3.17. The first-order valence-electron chi connectivity index (χ1n) is 7.71. The number of hydrogen-bond acceptors (Lipinski definition) is 7. The number of anilines is 4. The van der Waals surface area contributed by atoms with Crippen LogP contribution in [0.15, 0.2) is 47.2 Å². The minimum absolute atomic E-state index is 0.156. The second-order valence-corrected chi connectivity index (χ2v) is 5.46. The van der Waals surface area contributed by atoms with Gasteiger partial charge in [0.15, 0.2) is 5.82 Å². The highest BCUT2D eigenvalue weighted by Crippen LogP contribution is 2.18. The molecular formula is C17H16N6O3. The molecule has 0 aliphatic carbocycles. The van der Waals surface area contributed by atoms with Crippen LogP contribution in [0.25, 0.3) is 0 Å². The molecule has 0 radical (unpaired) electrons. The van der Waals surface area contributed by atoms with E-state index in [1.807, 2.05) is 6.07 Å². The Bertz CT molecular complexity index is 936. The highest BCUT2D eigenvalue weighted by atomic mass is 16.5. The summed E-state index contributed by atoms with van der Waals surface area (Å²) in [5, 5.41) is 12.0. The van der Waals surface area contributed by atoms with E-state index in [0.717, 1.165) is 0 Å². The number of carbonyl (C=O) groups is 2. The Morgan fingerprint density at radius 3 is 2.42 bits per heavy atom. The van der Waals surface area contributed by atoms with Crippen LogP contribution in [0.2, 0.25) is 0 Å². The van der Waals surface area contributed by atoms with Crippen LogP contribution in [-0.2, 0) is 4.79 Å². The van der Waals surface area contributed by atoms with Gasteiger partial charge in [-0.3, -0.25) is 9.59 Å². The zero-order chi connectivity index (χ0) is 18.5. The number of aryl methyl sites for hydroxylation is 1. The van der Waals surface area contributed by atoms with Gasteiger partial charge in [0, 0.05) is 36.8 Å². The lowest BCUT2D eigenvalue weighted by atomic mass is 10.2. The van der Waals surface area contributed by atoms with Crippen molar-refractivity contribution in [3.63, 3.8) is 0 Å². The molecule has 0 bridgehead atoms. The molecule has 0 saturated carbocycles. The summed E-state index contributed by atoms with van der Waals surface area (Å²) in [4.78, 5) is 31.5. The molecule has 0 aliphatic heterocycles. The number of nitrogens with zero attached hydrogens (tertiary/aromatic N) is 3. The molecule has 0 fully saturated rings. The van der Waals surface area contributed by atoms with Gasteiger partial charge in [-0.2, -0.15) is 0 Å². The fourth-order valence-electron chi connectivity index (χ4n) is 2.13. The van der Waals surface area contributed by atoms with Crippen LogP contribution in [0.5, 0.6) is 0 Å². The van der Waals surface area contributed by atoms with Gasteiger partial charge < -0.3 is 20.5 Å². The molecule has 3 aromatic rings. The fourth-order valence-corrected chi connectivity index (χ4v) is 2.13. The van der Waals surface area contributed by atoms with Crippen molar-refractivity contribution in [2.75, 3.05) is 16.0 Å². The Kier molecular flexibility index (Phi) is 4.88. The van der Waals surface area contributed by atoms with Gasteiger partial charge in [-0.15, -0.1) is 0 Å². The van der Waals surface area contributed by atoms with Crippen molar-refractivity contribution < 1.29 is 14.1 Å². The zero-order valence-corrected chi connectivity index (χ0v) is 14.1. The van der Waals surface area contributed by atoms with Crippen LogP contribution in [0.4, 0.5) is 23.1 Å². The maximum Gasteiger partial charge on any atom is 0.260 e. The van der Waals surface area contributed by atoms with Crippen molar-refractivity contribution in [2.24, 2.45) is 0 Å². The van der Waals surface area contributed by atoms with E-state index in [1.165, 1.54) is 19.3 Å². The second kappa shape index (κ2) is 7.43. The topological polar surface area (TPSA) is 122 Å². The molecule has 2 aromatic heterocycles. The lowest BCUT2D eigenvalue weighted by Gasteiger charge is -2.08. The first kappa shape index (κ1) is 17.1. The van der Waals surface area contributed by atoms with Gasteiger partial charge in [0.25, 0.3) is 5.91 Å². The molecule has 2 amide bonds.